The molecule has 3 heterocycles. The van der Waals surface area contributed by atoms with Gasteiger partial charge in [0.15, 0.2) is 0 Å². The topological polar surface area (TPSA) is 45.2 Å². The summed E-state index contributed by atoms with van der Waals surface area (Å²) in [6.07, 6.45) is 8.39. The Hall–Kier alpha value is -2.20. The Morgan fingerprint density at radius 2 is 1.71 bits per heavy atom. The highest BCUT2D eigenvalue weighted by molar-refractivity contribution is 5.97. The molecule has 2 bridgehead atoms. The highest BCUT2D eigenvalue weighted by Crippen LogP contribution is 2.53. The molecule has 1 atom stereocenters. The first kappa shape index (κ1) is 19.1. The summed E-state index contributed by atoms with van der Waals surface area (Å²) in [5, 5.41) is 3.47. The van der Waals surface area contributed by atoms with Crippen molar-refractivity contribution in [2.45, 2.75) is 77.0 Å². The van der Waals surface area contributed by atoms with E-state index in [2.05, 4.69) is 41.2 Å². The van der Waals surface area contributed by atoms with E-state index in [-0.39, 0.29) is 17.5 Å². The lowest BCUT2D eigenvalue weighted by atomic mass is 9.78. The van der Waals surface area contributed by atoms with Crippen LogP contribution in [0.25, 0.3) is 0 Å². The summed E-state index contributed by atoms with van der Waals surface area (Å²) in [6, 6.07) is 11.3. The molecule has 2 fully saturated rings. The van der Waals surface area contributed by atoms with E-state index in [1.54, 1.807) is 0 Å². The van der Waals surface area contributed by atoms with E-state index in [1.807, 2.05) is 44.4 Å². The summed E-state index contributed by atoms with van der Waals surface area (Å²) in [4.78, 5) is 20.3. The minimum atomic E-state index is -0.0306. The number of aryl methyl sites for hydroxylation is 2. The van der Waals surface area contributed by atoms with Crippen molar-refractivity contribution >= 4 is 5.91 Å². The van der Waals surface area contributed by atoms with Gasteiger partial charge in [0, 0.05) is 35.6 Å². The average molecular weight is 378 g/mol. The van der Waals surface area contributed by atoms with Gasteiger partial charge in [-0.15, -0.1) is 0 Å². The van der Waals surface area contributed by atoms with E-state index in [1.165, 1.54) is 12.8 Å². The van der Waals surface area contributed by atoms with Crippen molar-refractivity contribution < 1.29 is 4.79 Å². The van der Waals surface area contributed by atoms with Crippen LogP contribution < -0.4 is 5.32 Å². The minimum absolute atomic E-state index is 0.00750. The number of aromatic nitrogens is 1. The van der Waals surface area contributed by atoms with Gasteiger partial charge in [-0.05, 0) is 82.2 Å². The number of amides is 1. The number of hydrogen-bond donors (Lipinski definition) is 1. The second kappa shape index (κ2) is 7.32. The third-order valence-electron chi connectivity index (χ3n) is 6.85. The molecule has 1 aromatic heterocycles. The number of hydrogen-bond acceptors (Lipinski definition) is 3. The number of nitrogens with one attached hydrogen (secondary N) is 1. The molecule has 148 valence electrons. The monoisotopic (exact) mass is 377 g/mol. The Bertz CT molecular complexity index is 833. The summed E-state index contributed by atoms with van der Waals surface area (Å²) in [7, 11) is 0. The van der Waals surface area contributed by atoms with Crippen LogP contribution in [0.4, 0.5) is 0 Å². The van der Waals surface area contributed by atoms with Crippen LogP contribution in [0.5, 0.6) is 0 Å². The van der Waals surface area contributed by atoms with E-state index < -0.39 is 0 Å². The van der Waals surface area contributed by atoms with Gasteiger partial charge in [-0.2, -0.15) is 0 Å². The number of nitrogens with zero attached hydrogens (tertiary/aromatic N) is 2. The lowest BCUT2D eigenvalue weighted by Crippen LogP contribution is -2.54. The molecule has 1 amide bonds. The first-order chi connectivity index (χ1) is 13.4. The smallest absolute Gasteiger partial charge is 0.252 e. The van der Waals surface area contributed by atoms with E-state index in [0.717, 1.165) is 35.1 Å². The second-order valence-corrected chi connectivity index (χ2v) is 8.79. The molecule has 4 heteroatoms. The van der Waals surface area contributed by atoms with Crippen LogP contribution in [0.2, 0.25) is 0 Å². The number of benzene rings is 1. The fourth-order valence-corrected chi connectivity index (χ4v) is 5.84. The third-order valence-corrected chi connectivity index (χ3v) is 6.85. The van der Waals surface area contributed by atoms with Gasteiger partial charge < -0.3 is 5.32 Å². The van der Waals surface area contributed by atoms with Crippen molar-refractivity contribution in [2.24, 2.45) is 0 Å². The van der Waals surface area contributed by atoms with Gasteiger partial charge in [-0.3, -0.25) is 14.7 Å². The fraction of sp³-hybridized carbons (Fsp3) is 0.500. The Kier molecular flexibility index (Phi) is 5.00. The van der Waals surface area contributed by atoms with Crippen molar-refractivity contribution in [1.82, 2.24) is 15.2 Å². The predicted octanol–water partition coefficient (Wildman–Crippen LogP) is 4.57. The Balaban J connectivity index is 1.75. The zero-order valence-electron chi connectivity index (χ0n) is 17.4. The van der Waals surface area contributed by atoms with Gasteiger partial charge in [0.25, 0.3) is 5.91 Å². The number of carbonyl (C=O) groups is 1. The number of pyridine rings is 1. The lowest BCUT2D eigenvalue weighted by molar-refractivity contribution is 0.0652. The molecule has 2 saturated heterocycles. The van der Waals surface area contributed by atoms with Crippen LogP contribution in [-0.4, -0.2) is 33.4 Å². The molecule has 0 saturated carbocycles. The molecule has 0 radical (unpaired) electrons. The first-order valence-corrected chi connectivity index (χ1v) is 10.5. The van der Waals surface area contributed by atoms with Crippen LogP contribution in [0.15, 0.2) is 42.7 Å². The summed E-state index contributed by atoms with van der Waals surface area (Å²) >= 11 is 0. The van der Waals surface area contributed by atoms with Crippen LogP contribution >= 0.6 is 0 Å². The van der Waals surface area contributed by atoms with Crippen molar-refractivity contribution in [2.75, 3.05) is 0 Å². The number of rotatable bonds is 5. The molecule has 4 rings (SSSR count). The molecular weight excluding hydrogens is 346 g/mol. The van der Waals surface area contributed by atoms with Gasteiger partial charge in [-0.1, -0.05) is 18.2 Å². The predicted molar refractivity (Wildman–Crippen MR) is 112 cm³/mol. The Labute approximate surface area is 168 Å². The molecule has 1 unspecified atom stereocenters. The molecule has 2 aromatic rings. The summed E-state index contributed by atoms with van der Waals surface area (Å²) < 4.78 is 0. The van der Waals surface area contributed by atoms with Gasteiger partial charge in [0.05, 0.1) is 6.04 Å². The summed E-state index contributed by atoms with van der Waals surface area (Å²) in [5.74, 6) is 0.0332. The lowest BCUT2D eigenvalue weighted by Gasteiger charge is -2.44. The average Bonchev–Trinajstić information content (AvgIpc) is 3.23. The van der Waals surface area contributed by atoms with Crippen molar-refractivity contribution in [3.05, 3.63) is 65.0 Å². The Morgan fingerprint density at radius 1 is 1.11 bits per heavy atom. The molecule has 0 spiro atoms. The number of carbonyl (C=O) groups excluding carboxylic acids is 1. The first-order valence-electron chi connectivity index (χ1n) is 10.5. The SMILES string of the molecule is Cc1cccc(C)c1C(=O)NC(c1ccncc1)C12CCC(CC1)N2C(C)C. The molecular formula is C24H31N3O. The minimum Gasteiger partial charge on any atom is -0.343 e. The second-order valence-electron chi connectivity index (χ2n) is 8.79. The molecule has 1 aromatic carbocycles. The van der Waals surface area contributed by atoms with Crippen molar-refractivity contribution in [1.29, 1.82) is 0 Å². The quantitative estimate of drug-likeness (QED) is 0.830. The van der Waals surface area contributed by atoms with E-state index >= 15 is 0 Å². The molecule has 1 N–H and O–H groups in total. The van der Waals surface area contributed by atoms with Crippen LogP contribution in [0.3, 0.4) is 0 Å². The largest absolute Gasteiger partial charge is 0.343 e. The van der Waals surface area contributed by atoms with E-state index in [4.69, 9.17) is 0 Å². The normalized spacial score (nSPS) is 25.2. The third kappa shape index (κ3) is 3.04. The molecule has 28 heavy (non-hydrogen) atoms. The Morgan fingerprint density at radius 3 is 2.29 bits per heavy atom. The van der Waals surface area contributed by atoms with Gasteiger partial charge in [0.1, 0.15) is 0 Å². The van der Waals surface area contributed by atoms with Crippen LogP contribution in [-0.2, 0) is 0 Å². The van der Waals surface area contributed by atoms with E-state index in [9.17, 15) is 4.79 Å². The molecule has 2 aliphatic rings. The maximum absolute atomic E-state index is 13.4. The zero-order chi connectivity index (χ0) is 19.9. The van der Waals surface area contributed by atoms with Crippen molar-refractivity contribution in [3.63, 3.8) is 0 Å². The maximum Gasteiger partial charge on any atom is 0.252 e. The highest BCUT2D eigenvalue weighted by atomic mass is 16.1. The standard InChI is InChI=1S/C24H31N3O/c1-16(2)27-20-8-12-24(27,13-9-20)22(19-10-14-25-15-11-19)26-23(28)21-17(3)6-5-7-18(21)4/h5-7,10-11,14-16,20,22H,8-9,12-13H2,1-4H3,(H,26,28). The van der Waals surface area contributed by atoms with Gasteiger partial charge in [-0.25, -0.2) is 0 Å². The summed E-state index contributed by atoms with van der Waals surface area (Å²) in [5.41, 5.74) is 4.01. The maximum atomic E-state index is 13.4. The molecule has 4 nitrogen and oxygen atoms in total. The fourth-order valence-electron chi connectivity index (χ4n) is 5.84. The number of fused-ring (bicyclic) bond motifs is 2. The highest BCUT2D eigenvalue weighted by Gasteiger charge is 2.57. The van der Waals surface area contributed by atoms with Crippen molar-refractivity contribution in [3.8, 4) is 0 Å². The van der Waals surface area contributed by atoms with E-state index in [0.29, 0.717) is 12.1 Å². The van der Waals surface area contributed by atoms with Gasteiger partial charge in [0.2, 0.25) is 0 Å². The molecule has 0 aliphatic carbocycles. The summed E-state index contributed by atoms with van der Waals surface area (Å²) in [6.45, 7) is 8.61. The zero-order valence-corrected chi connectivity index (χ0v) is 17.4. The van der Waals surface area contributed by atoms with Gasteiger partial charge >= 0.3 is 0 Å². The molecule has 2 aliphatic heterocycles. The van der Waals surface area contributed by atoms with Crippen LogP contribution in [0.1, 0.15) is 72.6 Å². The van der Waals surface area contributed by atoms with Crippen LogP contribution in [0, 0.1) is 13.8 Å².